The summed E-state index contributed by atoms with van der Waals surface area (Å²) in [6.45, 7) is 7.05. The summed E-state index contributed by atoms with van der Waals surface area (Å²) in [4.78, 5) is 14.5. The zero-order chi connectivity index (χ0) is 21.4. The summed E-state index contributed by atoms with van der Waals surface area (Å²) in [7, 11) is 2.27. The molecule has 0 heterocycles. The predicted octanol–water partition coefficient (Wildman–Crippen LogP) is 8.72. The monoisotopic (exact) mass is 409 g/mol. The highest BCUT2D eigenvalue weighted by molar-refractivity contribution is 5.78. The van der Waals surface area contributed by atoms with Gasteiger partial charge in [-0.3, -0.25) is 4.79 Å². The maximum absolute atomic E-state index is 12.0. The Balaban J connectivity index is 3.25. The predicted molar refractivity (Wildman–Crippen MR) is 131 cm³/mol. The van der Waals surface area contributed by atoms with Crippen molar-refractivity contribution in [2.75, 3.05) is 20.1 Å². The fourth-order valence-electron chi connectivity index (χ4n) is 4.09. The largest absolute Gasteiger partial charge is 0.306 e. The molecule has 0 spiro atoms. The van der Waals surface area contributed by atoms with Gasteiger partial charge >= 0.3 is 0 Å². The number of carbonyl (C=O) groups excluding carboxylic acids is 1. The van der Waals surface area contributed by atoms with Crippen LogP contribution in [0.4, 0.5) is 0 Å². The number of hydrogen-bond acceptors (Lipinski definition) is 2. The quantitative estimate of drug-likeness (QED) is 0.148. The van der Waals surface area contributed by atoms with Gasteiger partial charge in [0.05, 0.1) is 0 Å². The van der Waals surface area contributed by atoms with E-state index < -0.39 is 0 Å². The molecule has 0 aromatic rings. The lowest BCUT2D eigenvalue weighted by atomic mass is 10.0. The van der Waals surface area contributed by atoms with E-state index in [1.807, 2.05) is 0 Å². The minimum Gasteiger partial charge on any atom is -0.306 e. The Bertz CT molecular complexity index is 328. The van der Waals surface area contributed by atoms with Gasteiger partial charge in [-0.2, -0.15) is 0 Å². The standard InChI is InChI=1S/C27H55NO/c1-4-6-8-10-12-13-15-19-23-27(29)24-20-16-14-18-22-26-28(3)25-21-17-11-9-7-5-2/h4-26H2,1-3H3. The van der Waals surface area contributed by atoms with Crippen LogP contribution in [0.3, 0.4) is 0 Å². The first-order valence-electron chi connectivity index (χ1n) is 13.4. The third-order valence-electron chi connectivity index (χ3n) is 6.20. The van der Waals surface area contributed by atoms with Gasteiger partial charge in [0.25, 0.3) is 0 Å². The third kappa shape index (κ3) is 23.8. The molecule has 0 fully saturated rings. The Morgan fingerprint density at radius 1 is 0.483 bits per heavy atom. The van der Waals surface area contributed by atoms with E-state index in [0.717, 1.165) is 25.7 Å². The van der Waals surface area contributed by atoms with Crippen LogP contribution < -0.4 is 0 Å². The number of ketones is 1. The van der Waals surface area contributed by atoms with Crippen molar-refractivity contribution in [2.24, 2.45) is 0 Å². The van der Waals surface area contributed by atoms with Crippen LogP contribution in [-0.4, -0.2) is 30.8 Å². The SMILES string of the molecule is CCCCCCCCCCC(=O)CCCCCCCN(C)CCCCCCCC. The molecule has 0 N–H and O–H groups in total. The van der Waals surface area contributed by atoms with Crippen LogP contribution in [0, 0.1) is 0 Å². The zero-order valence-electron chi connectivity index (χ0n) is 20.6. The molecule has 0 radical (unpaired) electrons. The van der Waals surface area contributed by atoms with Crippen molar-refractivity contribution in [1.82, 2.24) is 4.90 Å². The van der Waals surface area contributed by atoms with Gasteiger partial charge < -0.3 is 4.90 Å². The molecule has 2 heteroatoms. The highest BCUT2D eigenvalue weighted by atomic mass is 16.1. The minimum absolute atomic E-state index is 0.509. The Morgan fingerprint density at radius 2 is 0.793 bits per heavy atom. The van der Waals surface area contributed by atoms with Crippen molar-refractivity contribution in [3.05, 3.63) is 0 Å². The van der Waals surface area contributed by atoms with E-state index >= 15 is 0 Å². The Labute approximate surface area is 184 Å². The molecule has 0 atom stereocenters. The van der Waals surface area contributed by atoms with Crippen LogP contribution in [0.15, 0.2) is 0 Å². The van der Waals surface area contributed by atoms with Gasteiger partial charge in [-0.25, -0.2) is 0 Å². The molecule has 0 aliphatic carbocycles. The summed E-state index contributed by atoms with van der Waals surface area (Å²) in [6, 6.07) is 0. The second-order valence-corrected chi connectivity index (χ2v) is 9.35. The lowest BCUT2D eigenvalue weighted by molar-refractivity contribution is -0.119. The molecule has 0 aromatic heterocycles. The van der Waals surface area contributed by atoms with Crippen molar-refractivity contribution in [3.8, 4) is 0 Å². The van der Waals surface area contributed by atoms with Gasteiger partial charge in [-0.15, -0.1) is 0 Å². The maximum Gasteiger partial charge on any atom is 0.132 e. The van der Waals surface area contributed by atoms with Crippen LogP contribution in [0.1, 0.15) is 149 Å². The number of Topliss-reactive ketones (excluding diaryl/α,β-unsaturated/α-hetero) is 1. The van der Waals surface area contributed by atoms with E-state index in [2.05, 4.69) is 25.8 Å². The lowest BCUT2D eigenvalue weighted by Crippen LogP contribution is -2.20. The van der Waals surface area contributed by atoms with E-state index in [-0.39, 0.29) is 0 Å². The summed E-state index contributed by atoms with van der Waals surface area (Å²) >= 11 is 0. The average Bonchev–Trinajstić information content (AvgIpc) is 2.71. The highest BCUT2D eigenvalue weighted by Gasteiger charge is 2.03. The first-order valence-corrected chi connectivity index (χ1v) is 13.4. The van der Waals surface area contributed by atoms with Crippen LogP contribution in [0.25, 0.3) is 0 Å². The molecule has 0 aliphatic rings. The smallest absolute Gasteiger partial charge is 0.132 e. The van der Waals surface area contributed by atoms with E-state index in [1.165, 1.54) is 122 Å². The number of nitrogens with zero attached hydrogens (tertiary/aromatic N) is 1. The molecule has 0 aromatic carbocycles. The topological polar surface area (TPSA) is 20.3 Å². The van der Waals surface area contributed by atoms with Gasteiger partial charge in [0.15, 0.2) is 0 Å². The van der Waals surface area contributed by atoms with Gasteiger partial charge in [0.2, 0.25) is 0 Å². The van der Waals surface area contributed by atoms with Gasteiger partial charge in [0.1, 0.15) is 5.78 Å². The summed E-state index contributed by atoms with van der Waals surface area (Å²) in [5, 5.41) is 0. The number of carbonyl (C=O) groups is 1. The molecule has 0 amide bonds. The fourth-order valence-corrected chi connectivity index (χ4v) is 4.09. The normalized spacial score (nSPS) is 11.4. The fraction of sp³-hybridized carbons (Fsp3) is 0.963. The van der Waals surface area contributed by atoms with Crippen molar-refractivity contribution < 1.29 is 4.79 Å². The van der Waals surface area contributed by atoms with Crippen molar-refractivity contribution in [3.63, 3.8) is 0 Å². The molecule has 29 heavy (non-hydrogen) atoms. The summed E-state index contributed by atoms with van der Waals surface area (Å²) in [6.07, 6.45) is 26.9. The van der Waals surface area contributed by atoms with Gasteiger partial charge in [-0.1, -0.05) is 110 Å². The van der Waals surface area contributed by atoms with E-state index in [0.29, 0.717) is 5.78 Å². The molecule has 0 unspecified atom stereocenters. The van der Waals surface area contributed by atoms with E-state index in [1.54, 1.807) is 0 Å². The molecule has 0 bridgehead atoms. The average molecular weight is 410 g/mol. The minimum atomic E-state index is 0.509. The summed E-state index contributed by atoms with van der Waals surface area (Å²) < 4.78 is 0. The number of unbranched alkanes of at least 4 members (excludes halogenated alkanes) is 16. The number of rotatable bonds is 24. The number of hydrogen-bond donors (Lipinski definition) is 0. The molecule has 174 valence electrons. The second kappa shape index (κ2) is 23.9. The summed E-state index contributed by atoms with van der Waals surface area (Å²) in [5.74, 6) is 0.509. The summed E-state index contributed by atoms with van der Waals surface area (Å²) in [5.41, 5.74) is 0. The highest BCUT2D eigenvalue weighted by Crippen LogP contribution is 2.12. The maximum atomic E-state index is 12.0. The van der Waals surface area contributed by atoms with Crippen LogP contribution in [-0.2, 0) is 4.79 Å². The van der Waals surface area contributed by atoms with Crippen molar-refractivity contribution in [1.29, 1.82) is 0 Å². The van der Waals surface area contributed by atoms with Crippen LogP contribution in [0.2, 0.25) is 0 Å². The molecular formula is C27H55NO. The molecule has 0 aliphatic heterocycles. The molecular weight excluding hydrogens is 354 g/mol. The Kier molecular flexibility index (Phi) is 23.6. The third-order valence-corrected chi connectivity index (χ3v) is 6.20. The molecule has 0 rings (SSSR count). The van der Waals surface area contributed by atoms with Crippen molar-refractivity contribution in [2.45, 2.75) is 149 Å². The Hall–Kier alpha value is -0.370. The van der Waals surface area contributed by atoms with E-state index in [9.17, 15) is 4.79 Å². The zero-order valence-corrected chi connectivity index (χ0v) is 20.6. The lowest BCUT2D eigenvalue weighted by Gasteiger charge is -2.16. The first kappa shape index (κ1) is 28.6. The van der Waals surface area contributed by atoms with Gasteiger partial charge in [0, 0.05) is 12.8 Å². The first-order chi connectivity index (χ1) is 14.2. The molecule has 2 nitrogen and oxygen atoms in total. The second-order valence-electron chi connectivity index (χ2n) is 9.35. The van der Waals surface area contributed by atoms with Crippen molar-refractivity contribution >= 4 is 5.78 Å². The van der Waals surface area contributed by atoms with E-state index in [4.69, 9.17) is 0 Å². The van der Waals surface area contributed by atoms with Crippen LogP contribution in [0.5, 0.6) is 0 Å². The molecule has 0 saturated carbocycles. The van der Waals surface area contributed by atoms with Gasteiger partial charge in [-0.05, 0) is 45.8 Å². The van der Waals surface area contributed by atoms with Crippen LogP contribution >= 0.6 is 0 Å². The molecule has 0 saturated heterocycles. The Morgan fingerprint density at radius 3 is 1.17 bits per heavy atom.